The largest absolute Gasteiger partial charge is 0.442 e. The van der Waals surface area contributed by atoms with E-state index in [2.05, 4.69) is 30.9 Å². The Kier molecular flexibility index (Phi) is 3.80. The van der Waals surface area contributed by atoms with Crippen molar-refractivity contribution in [3.05, 3.63) is 39.3 Å². The van der Waals surface area contributed by atoms with E-state index in [1.807, 2.05) is 6.07 Å². The molecule has 0 atom stereocenters. The van der Waals surface area contributed by atoms with Gasteiger partial charge in [-0.1, -0.05) is 33.2 Å². The average Bonchev–Trinajstić information content (AvgIpc) is 3.06. The van der Waals surface area contributed by atoms with Crippen LogP contribution < -0.4 is 11.1 Å². The number of rotatable bonds is 3. The number of halogens is 1. The second-order valence-corrected chi connectivity index (χ2v) is 5.56. The van der Waals surface area contributed by atoms with Crippen LogP contribution in [0.2, 0.25) is 0 Å². The molecule has 114 valence electrons. The Labute approximate surface area is 132 Å². The quantitative estimate of drug-likeness (QED) is 0.866. The number of amides is 3. The van der Waals surface area contributed by atoms with Gasteiger partial charge in [-0.3, -0.25) is 14.2 Å². The van der Waals surface area contributed by atoms with Crippen LogP contribution in [-0.2, 0) is 11.3 Å². The zero-order valence-electron chi connectivity index (χ0n) is 11.3. The monoisotopic (exact) mass is 366 g/mol. The molecule has 0 bridgehead atoms. The zero-order chi connectivity index (χ0) is 15.7. The molecule has 1 aliphatic heterocycles. The maximum Gasteiger partial charge on any atom is 0.442 e. The summed E-state index contributed by atoms with van der Waals surface area (Å²) < 4.78 is 6.56. The van der Waals surface area contributed by atoms with E-state index in [0.717, 1.165) is 13.9 Å². The van der Waals surface area contributed by atoms with E-state index < -0.39 is 17.7 Å². The fourth-order valence-electron chi connectivity index (χ4n) is 2.17. The number of hydrogen-bond donors (Lipinski definition) is 1. The molecule has 0 aliphatic carbocycles. The van der Waals surface area contributed by atoms with Crippen molar-refractivity contribution in [2.45, 2.75) is 6.54 Å². The van der Waals surface area contributed by atoms with E-state index in [-0.39, 0.29) is 18.9 Å². The van der Waals surface area contributed by atoms with Crippen LogP contribution in [0.4, 0.5) is 4.79 Å². The molecule has 1 fully saturated rings. The van der Waals surface area contributed by atoms with Gasteiger partial charge in [-0.2, -0.15) is 0 Å². The number of nitrogens with zero attached hydrogens (tertiary/aromatic N) is 3. The highest BCUT2D eigenvalue weighted by atomic mass is 79.9. The Morgan fingerprint density at radius 1 is 1.41 bits per heavy atom. The minimum atomic E-state index is -0.747. The molecule has 2 heterocycles. The maximum atomic E-state index is 12.2. The van der Waals surface area contributed by atoms with E-state index in [9.17, 15) is 14.4 Å². The molecule has 1 saturated heterocycles. The molecule has 1 aromatic carbocycles. The van der Waals surface area contributed by atoms with Crippen molar-refractivity contribution in [3.63, 3.8) is 0 Å². The van der Waals surface area contributed by atoms with Gasteiger partial charge in [0.2, 0.25) is 0 Å². The molecule has 3 amide bonds. The molecule has 9 heteroatoms. The molecule has 0 radical (unpaired) electrons. The normalized spacial score (nSPS) is 14.2. The summed E-state index contributed by atoms with van der Waals surface area (Å²) in [5.74, 6) is -1.00. The lowest BCUT2D eigenvalue weighted by Crippen LogP contribution is -2.38. The third-order valence-corrected chi connectivity index (χ3v) is 3.71. The maximum absolute atomic E-state index is 12.2. The highest BCUT2D eigenvalue weighted by molar-refractivity contribution is 9.10. The first-order valence-electron chi connectivity index (χ1n) is 6.47. The topological polar surface area (TPSA) is 97.4 Å². The number of benzene rings is 1. The standard InChI is InChI=1S/C13H11BrN4O4/c14-9-3-1-2-8(6-9)11-16-22-13(21)18(11)7-10(19)17-5-4-15-12(17)20/h1-3,6H,4-5,7H2,(H,15,20). The molecular weight excluding hydrogens is 356 g/mol. The molecule has 1 N–H and O–H groups in total. The van der Waals surface area contributed by atoms with Crippen LogP contribution in [0, 0.1) is 0 Å². The first-order valence-corrected chi connectivity index (χ1v) is 7.26. The van der Waals surface area contributed by atoms with Gasteiger partial charge >= 0.3 is 11.8 Å². The number of nitrogens with one attached hydrogen (secondary N) is 1. The number of urea groups is 1. The third kappa shape index (κ3) is 2.67. The Bertz CT molecular complexity index is 797. The smallest absolute Gasteiger partial charge is 0.336 e. The molecule has 8 nitrogen and oxygen atoms in total. The van der Waals surface area contributed by atoms with Crippen molar-refractivity contribution in [3.8, 4) is 11.4 Å². The van der Waals surface area contributed by atoms with Crippen LogP contribution in [0.25, 0.3) is 11.4 Å². The second-order valence-electron chi connectivity index (χ2n) is 4.65. The van der Waals surface area contributed by atoms with Gasteiger partial charge in [-0.05, 0) is 12.1 Å². The molecule has 0 unspecified atom stereocenters. The SMILES string of the molecule is O=C(Cn1c(-c2cccc(Br)c2)noc1=O)N1CCNC1=O. The summed E-state index contributed by atoms with van der Waals surface area (Å²) in [7, 11) is 0. The van der Waals surface area contributed by atoms with Gasteiger partial charge in [0.1, 0.15) is 6.54 Å². The molecule has 3 rings (SSSR count). The van der Waals surface area contributed by atoms with Gasteiger partial charge in [-0.25, -0.2) is 14.2 Å². The number of hydrogen-bond acceptors (Lipinski definition) is 5. The van der Waals surface area contributed by atoms with Gasteiger partial charge in [0, 0.05) is 23.1 Å². The summed E-state index contributed by atoms with van der Waals surface area (Å²) in [6, 6.07) is 6.63. The lowest BCUT2D eigenvalue weighted by Gasteiger charge is -2.12. The van der Waals surface area contributed by atoms with E-state index >= 15 is 0 Å². The van der Waals surface area contributed by atoms with Crippen molar-refractivity contribution >= 4 is 27.9 Å². The van der Waals surface area contributed by atoms with E-state index in [0.29, 0.717) is 12.1 Å². The van der Waals surface area contributed by atoms with Crippen molar-refractivity contribution in [2.24, 2.45) is 0 Å². The van der Waals surface area contributed by atoms with Crippen LogP contribution in [0.3, 0.4) is 0 Å². The van der Waals surface area contributed by atoms with Crippen LogP contribution >= 0.6 is 15.9 Å². The summed E-state index contributed by atoms with van der Waals surface area (Å²) in [6.07, 6.45) is 0. The minimum absolute atomic E-state index is 0.235. The van der Waals surface area contributed by atoms with Gasteiger partial charge in [0.05, 0.1) is 0 Å². The molecule has 1 aromatic heterocycles. The van der Waals surface area contributed by atoms with Gasteiger partial charge in [-0.15, -0.1) is 0 Å². The Hall–Kier alpha value is -2.42. The molecule has 0 spiro atoms. The van der Waals surface area contributed by atoms with Crippen LogP contribution in [-0.4, -0.2) is 39.7 Å². The van der Waals surface area contributed by atoms with Crippen LogP contribution in [0.5, 0.6) is 0 Å². The van der Waals surface area contributed by atoms with Crippen molar-refractivity contribution in [1.29, 1.82) is 0 Å². The fourth-order valence-corrected chi connectivity index (χ4v) is 2.57. The highest BCUT2D eigenvalue weighted by Crippen LogP contribution is 2.20. The lowest BCUT2D eigenvalue weighted by molar-refractivity contribution is -0.128. The van der Waals surface area contributed by atoms with E-state index in [1.165, 1.54) is 0 Å². The Morgan fingerprint density at radius 3 is 2.91 bits per heavy atom. The van der Waals surface area contributed by atoms with Crippen LogP contribution in [0.1, 0.15) is 0 Å². The van der Waals surface area contributed by atoms with Crippen molar-refractivity contribution in [1.82, 2.24) is 19.9 Å². The molecule has 0 saturated carbocycles. The van der Waals surface area contributed by atoms with E-state index in [1.54, 1.807) is 18.2 Å². The Morgan fingerprint density at radius 2 is 2.23 bits per heavy atom. The number of imide groups is 1. The van der Waals surface area contributed by atoms with Crippen molar-refractivity contribution in [2.75, 3.05) is 13.1 Å². The Balaban J connectivity index is 1.91. The lowest BCUT2D eigenvalue weighted by atomic mass is 10.2. The number of carbonyl (C=O) groups is 2. The highest BCUT2D eigenvalue weighted by Gasteiger charge is 2.27. The minimum Gasteiger partial charge on any atom is -0.336 e. The van der Waals surface area contributed by atoms with Gasteiger partial charge < -0.3 is 5.32 Å². The third-order valence-electron chi connectivity index (χ3n) is 3.22. The average molecular weight is 367 g/mol. The first-order chi connectivity index (χ1) is 10.6. The summed E-state index contributed by atoms with van der Waals surface area (Å²) in [4.78, 5) is 36.5. The predicted molar refractivity (Wildman–Crippen MR) is 79.0 cm³/mol. The van der Waals surface area contributed by atoms with E-state index in [4.69, 9.17) is 0 Å². The fraction of sp³-hybridized carbons (Fsp3) is 0.231. The predicted octanol–water partition coefficient (Wildman–Crippen LogP) is 0.818. The number of carbonyl (C=O) groups excluding carboxylic acids is 2. The summed E-state index contributed by atoms with van der Waals surface area (Å²) in [5.41, 5.74) is 0.624. The molecule has 22 heavy (non-hydrogen) atoms. The zero-order valence-corrected chi connectivity index (χ0v) is 12.9. The molecular formula is C13H11BrN4O4. The number of aromatic nitrogens is 2. The van der Waals surface area contributed by atoms with Gasteiger partial charge in [0.15, 0.2) is 5.82 Å². The first kappa shape index (κ1) is 14.5. The summed E-state index contributed by atoms with van der Waals surface area (Å²) in [5, 5.41) is 6.24. The van der Waals surface area contributed by atoms with Crippen LogP contribution in [0.15, 0.2) is 38.1 Å². The molecule has 2 aromatic rings. The summed E-state index contributed by atoms with van der Waals surface area (Å²) in [6.45, 7) is 0.378. The summed E-state index contributed by atoms with van der Waals surface area (Å²) >= 11 is 3.33. The van der Waals surface area contributed by atoms with Crippen molar-refractivity contribution < 1.29 is 14.1 Å². The second kappa shape index (κ2) is 5.76. The van der Waals surface area contributed by atoms with Gasteiger partial charge in [0.25, 0.3) is 5.91 Å². The molecule has 1 aliphatic rings.